The van der Waals surface area contributed by atoms with Crippen molar-refractivity contribution in [3.63, 3.8) is 0 Å². The van der Waals surface area contributed by atoms with E-state index in [4.69, 9.17) is 22.5 Å². The van der Waals surface area contributed by atoms with E-state index >= 15 is 8.78 Å². The van der Waals surface area contributed by atoms with Crippen LogP contribution in [0.3, 0.4) is 0 Å². The van der Waals surface area contributed by atoms with Crippen LogP contribution < -0.4 is 21.5 Å². The molecule has 0 fully saturated rings. The summed E-state index contributed by atoms with van der Waals surface area (Å²) in [5, 5.41) is 11.3. The lowest BCUT2D eigenvalue weighted by molar-refractivity contribution is 0.123. The Hall–Kier alpha value is -3.09. The summed E-state index contributed by atoms with van der Waals surface area (Å²) in [4.78, 5) is 6.89. The number of nitrogens with two attached hydrogens (primary N) is 2. The minimum Gasteiger partial charge on any atom is -0.368 e. The summed E-state index contributed by atoms with van der Waals surface area (Å²) < 4.78 is 69.3. The maximum absolute atomic E-state index is 16.5. The molecule has 1 aliphatic heterocycles. The smallest absolute Gasteiger partial charge is 0.243 e. The van der Waals surface area contributed by atoms with E-state index in [0.717, 1.165) is 18.2 Å². The van der Waals surface area contributed by atoms with Gasteiger partial charge in [0, 0.05) is 40.4 Å². The SMILES string of the molecule is CC(C)(C)C1(c2ccnc(N)n2)NC=C(C2(F)C=C(c3ccc(F)c(S(N)(=O)=O)c3F)C(Cl)=CC2)N1. The average Bonchev–Trinajstić information content (AvgIpc) is 3.23. The van der Waals surface area contributed by atoms with Crippen LogP contribution in [0.2, 0.25) is 0 Å². The molecule has 2 heterocycles. The maximum Gasteiger partial charge on any atom is 0.243 e. The molecule has 0 bridgehead atoms. The molecule has 36 heavy (non-hydrogen) atoms. The summed E-state index contributed by atoms with van der Waals surface area (Å²) in [6, 6.07) is 3.35. The van der Waals surface area contributed by atoms with E-state index in [1.807, 2.05) is 20.8 Å². The second-order valence-electron chi connectivity index (χ2n) is 9.59. The van der Waals surface area contributed by atoms with Gasteiger partial charge in [0.05, 0.1) is 11.4 Å². The van der Waals surface area contributed by atoms with Crippen LogP contribution in [0.5, 0.6) is 0 Å². The van der Waals surface area contributed by atoms with Gasteiger partial charge < -0.3 is 16.4 Å². The molecule has 1 aromatic heterocycles. The molecule has 2 atom stereocenters. The molecular formula is C23H24ClF3N6O2S. The van der Waals surface area contributed by atoms with Crippen molar-refractivity contribution >= 4 is 33.1 Å². The molecule has 0 saturated heterocycles. The summed E-state index contributed by atoms with van der Waals surface area (Å²) >= 11 is 6.27. The first-order valence-corrected chi connectivity index (χ1v) is 12.7. The van der Waals surface area contributed by atoms with Gasteiger partial charge in [-0.2, -0.15) is 0 Å². The number of halogens is 4. The molecule has 4 rings (SSSR count). The van der Waals surface area contributed by atoms with Gasteiger partial charge in [0.1, 0.15) is 5.82 Å². The quantitative estimate of drug-likeness (QED) is 0.465. The van der Waals surface area contributed by atoms with Crippen LogP contribution in [0.1, 0.15) is 38.4 Å². The van der Waals surface area contributed by atoms with E-state index < -0.39 is 48.9 Å². The highest BCUT2D eigenvalue weighted by atomic mass is 35.5. The number of sulfonamides is 1. The molecule has 192 valence electrons. The fourth-order valence-electron chi connectivity index (χ4n) is 4.29. The van der Waals surface area contributed by atoms with Crippen LogP contribution in [0, 0.1) is 17.0 Å². The third-order valence-electron chi connectivity index (χ3n) is 6.22. The monoisotopic (exact) mass is 540 g/mol. The lowest BCUT2D eigenvalue weighted by Crippen LogP contribution is -2.57. The lowest BCUT2D eigenvalue weighted by Gasteiger charge is -2.43. The normalized spacial score (nSPS) is 24.4. The number of rotatable bonds is 4. The van der Waals surface area contributed by atoms with Crippen LogP contribution in [-0.4, -0.2) is 24.1 Å². The van der Waals surface area contributed by atoms with Crippen LogP contribution in [0.15, 0.2) is 58.4 Å². The van der Waals surface area contributed by atoms with Gasteiger partial charge >= 0.3 is 0 Å². The standard InChI is InChI=1S/C23H24ClF3N6O2S/c1-21(2,3)23(16-7-9-30-20(28)32-16)31-11-17(33-23)22(27)8-6-14(24)13(10-22)12-4-5-15(25)19(18(12)26)36(29,34)35/h4-7,9-11,31,33H,8H2,1-3H3,(H2,28,30,32)(H2,29,34,35). The lowest BCUT2D eigenvalue weighted by atomic mass is 9.78. The summed E-state index contributed by atoms with van der Waals surface area (Å²) in [5.41, 5.74) is 1.88. The Morgan fingerprint density at radius 1 is 1.19 bits per heavy atom. The summed E-state index contributed by atoms with van der Waals surface area (Å²) in [7, 11) is -4.74. The number of anilines is 1. The van der Waals surface area contributed by atoms with Crippen molar-refractivity contribution in [3.05, 3.63) is 76.4 Å². The van der Waals surface area contributed by atoms with Crippen molar-refractivity contribution in [1.82, 2.24) is 20.6 Å². The van der Waals surface area contributed by atoms with Gasteiger partial charge in [-0.25, -0.2) is 36.7 Å². The zero-order valence-electron chi connectivity index (χ0n) is 19.5. The first kappa shape index (κ1) is 26.0. The minimum atomic E-state index is -4.74. The zero-order chi connectivity index (χ0) is 26.7. The number of nitrogens with one attached hydrogen (secondary N) is 2. The van der Waals surface area contributed by atoms with Crippen molar-refractivity contribution in [2.45, 2.75) is 43.4 Å². The van der Waals surface area contributed by atoms with Crippen molar-refractivity contribution in [3.8, 4) is 0 Å². The van der Waals surface area contributed by atoms with E-state index in [2.05, 4.69) is 20.6 Å². The third-order valence-corrected chi connectivity index (χ3v) is 7.52. The molecule has 0 amide bonds. The number of allylic oxidation sites excluding steroid dienone is 4. The van der Waals surface area contributed by atoms with Gasteiger partial charge in [-0.05, 0) is 24.3 Å². The highest BCUT2D eigenvalue weighted by Crippen LogP contribution is 2.46. The zero-order valence-corrected chi connectivity index (χ0v) is 21.1. The topological polar surface area (TPSA) is 136 Å². The maximum atomic E-state index is 16.5. The highest BCUT2D eigenvalue weighted by molar-refractivity contribution is 7.89. The Labute approximate surface area is 211 Å². The first-order chi connectivity index (χ1) is 16.6. The molecule has 2 aliphatic rings. The predicted molar refractivity (Wildman–Crippen MR) is 130 cm³/mol. The largest absolute Gasteiger partial charge is 0.368 e. The molecule has 2 unspecified atom stereocenters. The second-order valence-corrected chi connectivity index (χ2v) is 11.5. The van der Waals surface area contributed by atoms with Crippen LogP contribution in [0.4, 0.5) is 19.1 Å². The van der Waals surface area contributed by atoms with Crippen LogP contribution in [-0.2, 0) is 15.7 Å². The Balaban J connectivity index is 1.80. The number of benzene rings is 1. The van der Waals surface area contributed by atoms with Crippen LogP contribution in [0.25, 0.3) is 5.57 Å². The number of aromatic nitrogens is 2. The van der Waals surface area contributed by atoms with Gasteiger partial charge in [0.25, 0.3) is 0 Å². The molecule has 13 heteroatoms. The Morgan fingerprint density at radius 3 is 2.50 bits per heavy atom. The van der Waals surface area contributed by atoms with Gasteiger partial charge in [0.15, 0.2) is 22.0 Å². The first-order valence-electron chi connectivity index (χ1n) is 10.7. The molecule has 1 aliphatic carbocycles. The van der Waals surface area contributed by atoms with E-state index in [1.165, 1.54) is 18.5 Å². The molecule has 8 nitrogen and oxygen atoms in total. The van der Waals surface area contributed by atoms with Crippen LogP contribution >= 0.6 is 11.6 Å². The van der Waals surface area contributed by atoms with Gasteiger partial charge in [0.2, 0.25) is 16.0 Å². The van der Waals surface area contributed by atoms with Gasteiger partial charge in [-0.15, -0.1) is 0 Å². The summed E-state index contributed by atoms with van der Waals surface area (Å²) in [6.07, 6.45) is 5.11. The molecular weight excluding hydrogens is 517 g/mol. The number of primary sulfonamides is 1. The van der Waals surface area contributed by atoms with E-state index in [0.29, 0.717) is 5.69 Å². The molecule has 6 N–H and O–H groups in total. The third kappa shape index (κ3) is 4.22. The summed E-state index contributed by atoms with van der Waals surface area (Å²) in [6.45, 7) is 5.73. The van der Waals surface area contributed by atoms with Gasteiger partial charge in [-0.1, -0.05) is 38.4 Å². The fraction of sp³-hybridized carbons (Fsp3) is 0.304. The number of hydrogen-bond donors (Lipinski definition) is 4. The Morgan fingerprint density at radius 2 is 1.89 bits per heavy atom. The number of alkyl halides is 1. The van der Waals surface area contributed by atoms with Crippen molar-refractivity contribution in [2.75, 3.05) is 5.73 Å². The van der Waals surface area contributed by atoms with Crippen molar-refractivity contribution in [1.29, 1.82) is 0 Å². The Bertz CT molecular complexity index is 1450. The average molecular weight is 541 g/mol. The molecule has 0 radical (unpaired) electrons. The second kappa shape index (κ2) is 8.49. The predicted octanol–water partition coefficient (Wildman–Crippen LogP) is 3.54. The molecule has 2 aromatic rings. The molecule has 0 spiro atoms. The number of nitrogen functional groups attached to an aromatic ring is 1. The summed E-state index contributed by atoms with van der Waals surface area (Å²) in [5.74, 6) is -2.80. The van der Waals surface area contributed by atoms with Crippen molar-refractivity contribution < 1.29 is 21.6 Å². The van der Waals surface area contributed by atoms with E-state index in [-0.39, 0.29) is 28.7 Å². The Kier molecular flexibility index (Phi) is 6.13. The molecule has 0 saturated carbocycles. The fourth-order valence-corrected chi connectivity index (χ4v) is 5.22. The molecule has 1 aromatic carbocycles. The minimum absolute atomic E-state index is 0.0358. The van der Waals surface area contributed by atoms with E-state index in [1.54, 1.807) is 6.07 Å². The number of hydrogen-bond acceptors (Lipinski definition) is 7. The van der Waals surface area contributed by atoms with Gasteiger partial charge in [-0.3, -0.25) is 0 Å². The van der Waals surface area contributed by atoms with E-state index in [9.17, 15) is 12.8 Å². The number of nitrogens with zero attached hydrogens (tertiary/aromatic N) is 2. The highest BCUT2D eigenvalue weighted by Gasteiger charge is 2.51. The van der Waals surface area contributed by atoms with Crippen molar-refractivity contribution in [2.24, 2.45) is 10.6 Å².